The van der Waals surface area contributed by atoms with Crippen LogP contribution in [0.2, 0.25) is 0 Å². The molecule has 0 spiro atoms. The SMILES string of the molecule is CCCC(=O)N(CCC(C)(C)C(C)(C)N(CCC(C)C)C(C)=O)C(C)C. The van der Waals surface area contributed by atoms with Crippen LogP contribution in [0.1, 0.15) is 94.9 Å². The fourth-order valence-corrected chi connectivity index (χ4v) is 3.32. The molecule has 0 saturated heterocycles. The normalized spacial score (nSPS) is 12.6. The van der Waals surface area contributed by atoms with Gasteiger partial charge in [0, 0.05) is 38.0 Å². The van der Waals surface area contributed by atoms with E-state index in [2.05, 4.69) is 55.4 Å². The first kappa shape index (κ1) is 24.9. The van der Waals surface area contributed by atoms with Gasteiger partial charge in [0.2, 0.25) is 11.8 Å². The average molecular weight is 369 g/mol. The van der Waals surface area contributed by atoms with Gasteiger partial charge in [0.25, 0.3) is 0 Å². The maximum atomic E-state index is 12.4. The van der Waals surface area contributed by atoms with Crippen LogP contribution in [-0.2, 0) is 9.59 Å². The van der Waals surface area contributed by atoms with E-state index in [-0.39, 0.29) is 28.8 Å². The van der Waals surface area contributed by atoms with Crippen LogP contribution in [0.4, 0.5) is 0 Å². The summed E-state index contributed by atoms with van der Waals surface area (Å²) in [7, 11) is 0. The van der Waals surface area contributed by atoms with Crippen molar-refractivity contribution >= 4 is 11.8 Å². The lowest BCUT2D eigenvalue weighted by molar-refractivity contribution is -0.141. The molecule has 154 valence electrons. The molecule has 26 heavy (non-hydrogen) atoms. The third kappa shape index (κ3) is 6.92. The van der Waals surface area contributed by atoms with Crippen molar-refractivity contribution in [2.45, 2.75) is 107 Å². The molecule has 0 bridgehead atoms. The molecule has 0 rings (SSSR count). The second-order valence-corrected chi connectivity index (χ2v) is 9.48. The first-order chi connectivity index (χ1) is 11.8. The minimum atomic E-state index is -0.274. The van der Waals surface area contributed by atoms with Crippen molar-refractivity contribution in [1.29, 1.82) is 0 Å². The molecule has 0 aromatic carbocycles. The molecule has 0 fully saturated rings. The van der Waals surface area contributed by atoms with Gasteiger partial charge in [-0.1, -0.05) is 34.6 Å². The van der Waals surface area contributed by atoms with E-state index in [1.54, 1.807) is 6.92 Å². The molecule has 2 amide bonds. The summed E-state index contributed by atoms with van der Waals surface area (Å²) in [5.41, 5.74) is -0.376. The second kappa shape index (κ2) is 10.3. The second-order valence-electron chi connectivity index (χ2n) is 9.48. The molecule has 0 N–H and O–H groups in total. The number of rotatable bonds is 11. The largest absolute Gasteiger partial charge is 0.340 e. The Morgan fingerprint density at radius 2 is 1.50 bits per heavy atom. The van der Waals surface area contributed by atoms with Crippen LogP contribution in [-0.4, -0.2) is 46.3 Å². The Balaban J connectivity index is 5.28. The first-order valence-electron chi connectivity index (χ1n) is 10.4. The first-order valence-corrected chi connectivity index (χ1v) is 10.4. The van der Waals surface area contributed by atoms with Crippen LogP contribution in [0.3, 0.4) is 0 Å². The van der Waals surface area contributed by atoms with Crippen LogP contribution in [0, 0.1) is 11.3 Å². The lowest BCUT2D eigenvalue weighted by Gasteiger charge is -2.50. The zero-order valence-corrected chi connectivity index (χ0v) is 19.1. The van der Waals surface area contributed by atoms with Crippen molar-refractivity contribution in [3.05, 3.63) is 0 Å². The van der Waals surface area contributed by atoms with Gasteiger partial charge in [0.05, 0.1) is 0 Å². The Labute approximate surface area is 162 Å². The van der Waals surface area contributed by atoms with E-state index in [9.17, 15) is 9.59 Å². The van der Waals surface area contributed by atoms with Crippen LogP contribution < -0.4 is 0 Å². The quantitative estimate of drug-likeness (QED) is 0.508. The van der Waals surface area contributed by atoms with E-state index in [1.807, 2.05) is 16.7 Å². The minimum absolute atomic E-state index is 0.102. The number of hydrogen-bond acceptors (Lipinski definition) is 2. The Morgan fingerprint density at radius 1 is 0.962 bits per heavy atom. The summed E-state index contributed by atoms with van der Waals surface area (Å²) in [5, 5.41) is 0. The van der Waals surface area contributed by atoms with Gasteiger partial charge in [-0.15, -0.1) is 0 Å². The van der Waals surface area contributed by atoms with Crippen LogP contribution >= 0.6 is 0 Å². The van der Waals surface area contributed by atoms with Gasteiger partial charge in [-0.05, 0) is 58.3 Å². The molecule has 0 radical (unpaired) electrons. The number of carbonyl (C=O) groups excluding carboxylic acids is 2. The van der Waals surface area contributed by atoms with E-state index in [0.717, 1.165) is 32.4 Å². The zero-order valence-electron chi connectivity index (χ0n) is 19.1. The highest BCUT2D eigenvalue weighted by molar-refractivity contribution is 5.76. The lowest BCUT2D eigenvalue weighted by atomic mass is 9.70. The number of carbonyl (C=O) groups is 2. The van der Waals surface area contributed by atoms with Gasteiger partial charge in [-0.2, -0.15) is 0 Å². The van der Waals surface area contributed by atoms with E-state index >= 15 is 0 Å². The Bertz CT molecular complexity index is 453. The van der Waals surface area contributed by atoms with E-state index in [1.165, 1.54) is 0 Å². The van der Waals surface area contributed by atoms with Crippen LogP contribution in [0.25, 0.3) is 0 Å². The van der Waals surface area contributed by atoms with Gasteiger partial charge < -0.3 is 9.80 Å². The molecule has 0 aliphatic rings. The standard InChI is InChI=1S/C22H44N2O2/c1-11-12-20(26)23(18(4)5)16-14-21(7,8)22(9,10)24(19(6)25)15-13-17(2)3/h17-18H,11-16H2,1-10H3. The molecular formula is C22H44N2O2. The maximum absolute atomic E-state index is 12.4. The molecule has 0 atom stereocenters. The molecule has 0 aliphatic heterocycles. The average Bonchev–Trinajstić information content (AvgIpc) is 2.46. The van der Waals surface area contributed by atoms with Gasteiger partial charge in [0.1, 0.15) is 0 Å². The Kier molecular flexibility index (Phi) is 9.90. The molecule has 0 unspecified atom stereocenters. The summed E-state index contributed by atoms with van der Waals surface area (Å²) in [6, 6.07) is 0.206. The van der Waals surface area contributed by atoms with E-state index in [4.69, 9.17) is 0 Å². The smallest absolute Gasteiger partial charge is 0.222 e. The van der Waals surface area contributed by atoms with Crippen LogP contribution in [0.5, 0.6) is 0 Å². The minimum Gasteiger partial charge on any atom is -0.340 e. The molecule has 4 nitrogen and oxygen atoms in total. The molecule has 0 aliphatic carbocycles. The predicted octanol–water partition coefficient (Wildman–Crippen LogP) is 5.11. The van der Waals surface area contributed by atoms with Crippen molar-refractivity contribution in [2.24, 2.45) is 11.3 Å². The summed E-state index contributed by atoms with van der Waals surface area (Å²) in [5.74, 6) is 0.935. The van der Waals surface area contributed by atoms with Gasteiger partial charge in [0.15, 0.2) is 0 Å². The summed E-state index contributed by atoms with van der Waals surface area (Å²) < 4.78 is 0. The van der Waals surface area contributed by atoms with E-state index in [0.29, 0.717) is 12.3 Å². The molecule has 0 heterocycles. The van der Waals surface area contributed by atoms with Crippen molar-refractivity contribution in [3.8, 4) is 0 Å². The Hall–Kier alpha value is -1.06. The number of nitrogens with zero attached hydrogens (tertiary/aromatic N) is 2. The third-order valence-electron chi connectivity index (χ3n) is 6.03. The zero-order chi connectivity index (χ0) is 20.7. The maximum Gasteiger partial charge on any atom is 0.222 e. The van der Waals surface area contributed by atoms with E-state index < -0.39 is 0 Å². The van der Waals surface area contributed by atoms with Crippen LogP contribution in [0.15, 0.2) is 0 Å². The summed E-state index contributed by atoms with van der Waals surface area (Å²) in [6.45, 7) is 22.6. The van der Waals surface area contributed by atoms with Crippen molar-refractivity contribution in [2.75, 3.05) is 13.1 Å². The van der Waals surface area contributed by atoms with Gasteiger partial charge in [-0.25, -0.2) is 0 Å². The highest BCUT2D eigenvalue weighted by Gasteiger charge is 2.43. The predicted molar refractivity (Wildman–Crippen MR) is 111 cm³/mol. The molecule has 0 aromatic rings. The van der Waals surface area contributed by atoms with Crippen molar-refractivity contribution in [1.82, 2.24) is 9.80 Å². The molecule has 0 aromatic heterocycles. The summed E-state index contributed by atoms with van der Waals surface area (Å²) in [4.78, 5) is 28.8. The summed E-state index contributed by atoms with van der Waals surface area (Å²) in [6.07, 6.45) is 3.37. The highest BCUT2D eigenvalue weighted by atomic mass is 16.2. The van der Waals surface area contributed by atoms with Crippen molar-refractivity contribution in [3.63, 3.8) is 0 Å². The molecular weight excluding hydrogens is 324 g/mol. The number of hydrogen-bond donors (Lipinski definition) is 0. The van der Waals surface area contributed by atoms with Crippen molar-refractivity contribution < 1.29 is 9.59 Å². The lowest BCUT2D eigenvalue weighted by Crippen LogP contribution is -2.57. The topological polar surface area (TPSA) is 40.6 Å². The Morgan fingerprint density at radius 3 is 1.88 bits per heavy atom. The van der Waals surface area contributed by atoms with Gasteiger partial charge >= 0.3 is 0 Å². The fraction of sp³-hybridized carbons (Fsp3) is 0.909. The fourth-order valence-electron chi connectivity index (χ4n) is 3.32. The highest BCUT2D eigenvalue weighted by Crippen LogP contribution is 2.39. The number of amides is 2. The molecule has 4 heteroatoms. The third-order valence-corrected chi connectivity index (χ3v) is 6.03. The van der Waals surface area contributed by atoms with Gasteiger partial charge in [-0.3, -0.25) is 9.59 Å². The summed E-state index contributed by atoms with van der Waals surface area (Å²) >= 11 is 0. The molecule has 0 saturated carbocycles. The monoisotopic (exact) mass is 368 g/mol.